The second-order valence-corrected chi connectivity index (χ2v) is 8.28. The number of nitrogens with one attached hydrogen (secondary N) is 1. The van der Waals surface area contributed by atoms with E-state index in [9.17, 15) is 5.11 Å². The van der Waals surface area contributed by atoms with Crippen LogP contribution in [-0.4, -0.2) is 29.9 Å². The highest BCUT2D eigenvalue weighted by Gasteiger charge is 2.29. The summed E-state index contributed by atoms with van der Waals surface area (Å²) in [5, 5.41) is 10.5. The van der Waals surface area contributed by atoms with Crippen molar-refractivity contribution in [2.75, 3.05) is 14.1 Å². The van der Waals surface area contributed by atoms with Gasteiger partial charge in [0.2, 0.25) is 11.7 Å². The monoisotopic (exact) mass is 396 g/mol. The van der Waals surface area contributed by atoms with Crippen molar-refractivity contribution in [3.63, 3.8) is 0 Å². The number of rotatable bonds is 8. The molecular weight excluding hydrogens is 364 g/mol. The Labute approximate surface area is 173 Å². The topological polar surface area (TPSA) is 54.0 Å². The molecule has 0 saturated carbocycles. The van der Waals surface area contributed by atoms with Crippen LogP contribution in [0.5, 0.6) is 0 Å². The van der Waals surface area contributed by atoms with Crippen LogP contribution in [0.15, 0.2) is 60.5 Å². The summed E-state index contributed by atoms with van der Waals surface area (Å²) in [6.45, 7) is 4.65. The first-order valence-corrected chi connectivity index (χ1v) is 10.2. The SMILES string of the molecule is CN(C)Cc1ccc(-c2ccc(C(O)CCCC=C3NOC(C)(C)O3)cc2)cc1. The van der Waals surface area contributed by atoms with Crippen molar-refractivity contribution >= 4 is 0 Å². The van der Waals surface area contributed by atoms with Gasteiger partial charge in [-0.3, -0.25) is 0 Å². The summed E-state index contributed by atoms with van der Waals surface area (Å²) in [6.07, 6.45) is 3.88. The second kappa shape index (κ2) is 9.44. The molecule has 1 fully saturated rings. The molecule has 0 aliphatic carbocycles. The zero-order valence-electron chi connectivity index (χ0n) is 17.8. The molecule has 29 heavy (non-hydrogen) atoms. The lowest BCUT2D eigenvalue weighted by Crippen LogP contribution is -2.20. The van der Waals surface area contributed by atoms with Crippen molar-refractivity contribution in [1.82, 2.24) is 10.4 Å². The fourth-order valence-corrected chi connectivity index (χ4v) is 3.34. The molecule has 1 atom stereocenters. The summed E-state index contributed by atoms with van der Waals surface area (Å²) in [5.74, 6) is 0.0187. The van der Waals surface area contributed by atoms with E-state index in [1.54, 1.807) is 0 Å². The molecule has 5 heteroatoms. The highest BCUT2D eigenvalue weighted by atomic mass is 16.8. The number of unbranched alkanes of at least 4 members (excludes halogenated alkanes) is 1. The van der Waals surface area contributed by atoms with Crippen LogP contribution in [0, 0.1) is 0 Å². The van der Waals surface area contributed by atoms with Gasteiger partial charge in [0, 0.05) is 20.4 Å². The van der Waals surface area contributed by atoms with Crippen LogP contribution in [0.25, 0.3) is 11.1 Å². The summed E-state index contributed by atoms with van der Waals surface area (Å²) in [6, 6.07) is 16.8. The molecule has 2 aromatic carbocycles. The minimum Gasteiger partial charge on any atom is -0.444 e. The maximum absolute atomic E-state index is 10.5. The van der Waals surface area contributed by atoms with E-state index in [1.165, 1.54) is 11.1 Å². The number of ether oxygens (including phenoxy) is 1. The van der Waals surface area contributed by atoms with Gasteiger partial charge >= 0.3 is 0 Å². The molecule has 2 N–H and O–H groups in total. The predicted molar refractivity (Wildman–Crippen MR) is 116 cm³/mol. The molecule has 0 bridgehead atoms. The van der Waals surface area contributed by atoms with Gasteiger partial charge in [0.1, 0.15) is 0 Å². The fourth-order valence-electron chi connectivity index (χ4n) is 3.34. The van der Waals surface area contributed by atoms with Crippen LogP contribution in [0.1, 0.15) is 50.3 Å². The summed E-state index contributed by atoms with van der Waals surface area (Å²) in [5.41, 5.74) is 7.38. The first-order valence-electron chi connectivity index (χ1n) is 10.2. The third kappa shape index (κ3) is 6.32. The zero-order chi connectivity index (χ0) is 20.9. The molecule has 0 spiro atoms. The van der Waals surface area contributed by atoms with E-state index < -0.39 is 11.9 Å². The lowest BCUT2D eigenvalue weighted by atomic mass is 9.99. The summed E-state index contributed by atoms with van der Waals surface area (Å²) in [4.78, 5) is 7.44. The van der Waals surface area contributed by atoms with Gasteiger partial charge in [-0.2, -0.15) is 0 Å². The van der Waals surface area contributed by atoms with Crippen molar-refractivity contribution in [2.24, 2.45) is 0 Å². The van der Waals surface area contributed by atoms with Crippen LogP contribution in [-0.2, 0) is 16.1 Å². The van der Waals surface area contributed by atoms with E-state index >= 15 is 0 Å². The van der Waals surface area contributed by atoms with E-state index in [4.69, 9.17) is 9.57 Å². The highest BCUT2D eigenvalue weighted by molar-refractivity contribution is 5.64. The van der Waals surface area contributed by atoms with E-state index in [2.05, 4.69) is 60.9 Å². The number of nitrogens with zero attached hydrogens (tertiary/aromatic N) is 1. The summed E-state index contributed by atoms with van der Waals surface area (Å²) >= 11 is 0. The predicted octanol–water partition coefficient (Wildman–Crippen LogP) is 4.75. The number of hydrogen-bond acceptors (Lipinski definition) is 5. The molecule has 1 unspecified atom stereocenters. The van der Waals surface area contributed by atoms with Gasteiger partial charge in [-0.15, -0.1) is 0 Å². The number of hydroxylamine groups is 1. The number of aliphatic hydroxyl groups excluding tert-OH is 1. The second-order valence-electron chi connectivity index (χ2n) is 8.28. The van der Waals surface area contributed by atoms with Gasteiger partial charge in [0.05, 0.1) is 6.10 Å². The third-order valence-electron chi connectivity index (χ3n) is 4.85. The maximum atomic E-state index is 10.5. The molecule has 1 aliphatic rings. The molecule has 2 aromatic rings. The molecule has 156 valence electrons. The van der Waals surface area contributed by atoms with Gasteiger partial charge in [0.25, 0.3) is 0 Å². The molecular formula is C24H32N2O3. The Morgan fingerprint density at radius 1 is 1.03 bits per heavy atom. The van der Waals surface area contributed by atoms with Gasteiger partial charge in [-0.1, -0.05) is 48.5 Å². The fraction of sp³-hybridized carbons (Fsp3) is 0.417. The number of benzene rings is 2. The van der Waals surface area contributed by atoms with Crippen molar-refractivity contribution in [1.29, 1.82) is 0 Å². The van der Waals surface area contributed by atoms with E-state index in [1.807, 2.05) is 32.1 Å². The lowest BCUT2D eigenvalue weighted by molar-refractivity contribution is -0.139. The average Bonchev–Trinajstić information content (AvgIpc) is 3.04. The summed E-state index contributed by atoms with van der Waals surface area (Å²) in [7, 11) is 4.15. The first-order chi connectivity index (χ1) is 13.8. The molecule has 1 heterocycles. The Kier molecular flexibility index (Phi) is 6.96. The molecule has 0 radical (unpaired) electrons. The van der Waals surface area contributed by atoms with Crippen LogP contribution in [0.2, 0.25) is 0 Å². The first kappa shape index (κ1) is 21.4. The number of hydrogen-bond donors (Lipinski definition) is 2. The average molecular weight is 397 g/mol. The molecule has 1 saturated heterocycles. The normalized spacial score (nSPS) is 17.9. The molecule has 0 aromatic heterocycles. The molecule has 5 nitrogen and oxygen atoms in total. The minimum atomic E-state index is -0.625. The minimum absolute atomic E-state index is 0.463. The molecule has 1 aliphatic heterocycles. The van der Waals surface area contributed by atoms with E-state index in [-0.39, 0.29) is 0 Å². The van der Waals surface area contributed by atoms with Crippen LogP contribution in [0.4, 0.5) is 0 Å². The van der Waals surface area contributed by atoms with E-state index in [0.717, 1.165) is 30.5 Å². The lowest BCUT2D eigenvalue weighted by Gasteiger charge is -2.13. The number of allylic oxidation sites excluding steroid dienone is 1. The Balaban J connectivity index is 1.49. The van der Waals surface area contributed by atoms with Crippen molar-refractivity contribution in [2.45, 2.75) is 51.5 Å². The van der Waals surface area contributed by atoms with E-state index in [0.29, 0.717) is 12.3 Å². The Morgan fingerprint density at radius 2 is 1.66 bits per heavy atom. The van der Waals surface area contributed by atoms with Crippen LogP contribution < -0.4 is 5.48 Å². The summed E-state index contributed by atoms with van der Waals surface area (Å²) < 4.78 is 5.58. The maximum Gasteiger partial charge on any atom is 0.230 e. The Bertz CT molecular complexity index is 811. The van der Waals surface area contributed by atoms with Crippen molar-refractivity contribution < 1.29 is 14.7 Å². The van der Waals surface area contributed by atoms with Crippen LogP contribution in [0.3, 0.4) is 0 Å². The largest absolute Gasteiger partial charge is 0.444 e. The Morgan fingerprint density at radius 3 is 2.21 bits per heavy atom. The Hall–Kier alpha value is -2.34. The number of aliphatic hydroxyl groups is 1. The highest BCUT2D eigenvalue weighted by Crippen LogP contribution is 2.26. The smallest absolute Gasteiger partial charge is 0.230 e. The van der Waals surface area contributed by atoms with Crippen molar-refractivity contribution in [3.05, 3.63) is 71.6 Å². The zero-order valence-corrected chi connectivity index (χ0v) is 17.8. The third-order valence-corrected chi connectivity index (χ3v) is 4.85. The quantitative estimate of drug-likeness (QED) is 0.631. The standard InChI is InChI=1S/C24H32N2O3/c1-24(2)28-23(25-29-24)8-6-5-7-22(27)21-15-13-20(14-16-21)19-11-9-18(10-12-19)17-26(3)4/h8-16,22,25,27H,5-7,17H2,1-4H3. The molecule has 0 amide bonds. The van der Waals surface area contributed by atoms with Gasteiger partial charge in [0.15, 0.2) is 0 Å². The van der Waals surface area contributed by atoms with Crippen LogP contribution >= 0.6 is 0 Å². The van der Waals surface area contributed by atoms with Gasteiger partial charge in [-0.05, 0) is 61.7 Å². The van der Waals surface area contributed by atoms with Crippen molar-refractivity contribution in [3.8, 4) is 11.1 Å². The molecule has 3 rings (SSSR count). The van der Waals surface area contributed by atoms with Gasteiger partial charge in [-0.25, -0.2) is 10.3 Å². The van der Waals surface area contributed by atoms with Gasteiger partial charge < -0.3 is 14.7 Å².